The fourth-order valence-corrected chi connectivity index (χ4v) is 3.39. The van der Waals surface area contributed by atoms with Gasteiger partial charge in [-0.25, -0.2) is 0 Å². The third-order valence-corrected chi connectivity index (χ3v) is 4.98. The number of carbonyl (C=O) groups excluding carboxylic acids is 1. The lowest BCUT2D eigenvalue weighted by Gasteiger charge is -2.38. The van der Waals surface area contributed by atoms with Crippen molar-refractivity contribution in [1.82, 2.24) is 4.90 Å². The first kappa shape index (κ1) is 18.1. The minimum atomic E-state index is -0.194. The first-order chi connectivity index (χ1) is 12.0. The van der Waals surface area contributed by atoms with Crippen molar-refractivity contribution in [3.63, 3.8) is 0 Å². The van der Waals surface area contributed by atoms with Crippen LogP contribution in [-0.2, 0) is 4.79 Å². The predicted octanol–water partition coefficient (Wildman–Crippen LogP) is 4.14. The van der Waals surface area contributed by atoms with Gasteiger partial charge in [-0.1, -0.05) is 35.3 Å². The Labute approximate surface area is 158 Å². The Bertz CT molecular complexity index is 745. The maximum absolute atomic E-state index is 12.5. The highest BCUT2D eigenvalue weighted by molar-refractivity contribution is 6.31. The van der Waals surface area contributed by atoms with Crippen molar-refractivity contribution in [3.05, 3.63) is 58.6 Å². The molecule has 1 amide bonds. The minimum absolute atomic E-state index is 0.0153. The van der Waals surface area contributed by atoms with Crippen LogP contribution >= 0.6 is 23.2 Å². The second-order valence-corrected chi connectivity index (χ2v) is 7.05. The molecule has 3 rings (SSSR count). The molecular weight excluding hydrogens is 357 g/mol. The standard InChI is InChI=1S/C19H21Cl2N3O/c1-14(19(25)22-17-6-2-4-15(20)12-17)23-8-10-24(11-9-23)18-7-3-5-16(21)13-18/h2-7,12-14H,8-11H2,1H3,(H,22,25)/t14-/m0/s1. The summed E-state index contributed by atoms with van der Waals surface area (Å²) in [6.07, 6.45) is 0. The lowest BCUT2D eigenvalue weighted by molar-refractivity contribution is -0.120. The van der Waals surface area contributed by atoms with E-state index in [9.17, 15) is 4.79 Å². The van der Waals surface area contributed by atoms with Crippen molar-refractivity contribution in [2.45, 2.75) is 13.0 Å². The Kier molecular flexibility index (Phi) is 5.84. The monoisotopic (exact) mass is 377 g/mol. The molecule has 0 bridgehead atoms. The molecule has 1 aliphatic heterocycles. The molecule has 0 aromatic heterocycles. The summed E-state index contributed by atoms with van der Waals surface area (Å²) in [6, 6.07) is 14.9. The van der Waals surface area contributed by atoms with E-state index in [2.05, 4.69) is 21.2 Å². The van der Waals surface area contributed by atoms with Gasteiger partial charge >= 0.3 is 0 Å². The van der Waals surface area contributed by atoms with Crippen LogP contribution in [0.1, 0.15) is 6.92 Å². The number of nitrogens with one attached hydrogen (secondary N) is 1. The number of hydrogen-bond donors (Lipinski definition) is 1. The highest BCUT2D eigenvalue weighted by Gasteiger charge is 2.25. The van der Waals surface area contributed by atoms with E-state index in [0.717, 1.165) is 42.6 Å². The van der Waals surface area contributed by atoms with Crippen LogP contribution in [0.5, 0.6) is 0 Å². The molecule has 1 N–H and O–H groups in total. The van der Waals surface area contributed by atoms with Crippen LogP contribution in [0.4, 0.5) is 11.4 Å². The second kappa shape index (κ2) is 8.09. The van der Waals surface area contributed by atoms with Crippen molar-refractivity contribution >= 4 is 40.5 Å². The van der Waals surface area contributed by atoms with Gasteiger partial charge in [-0.2, -0.15) is 0 Å². The second-order valence-electron chi connectivity index (χ2n) is 6.18. The first-order valence-corrected chi connectivity index (χ1v) is 9.09. The Hall–Kier alpha value is -1.75. The maximum Gasteiger partial charge on any atom is 0.241 e. The number of benzene rings is 2. The molecule has 1 saturated heterocycles. The van der Waals surface area contributed by atoms with E-state index < -0.39 is 0 Å². The summed E-state index contributed by atoms with van der Waals surface area (Å²) in [4.78, 5) is 17.0. The van der Waals surface area contributed by atoms with Gasteiger partial charge in [0.15, 0.2) is 0 Å². The zero-order valence-corrected chi connectivity index (χ0v) is 15.6. The topological polar surface area (TPSA) is 35.6 Å². The van der Waals surface area contributed by atoms with E-state index in [0.29, 0.717) is 5.02 Å². The molecule has 132 valence electrons. The van der Waals surface area contributed by atoms with Crippen LogP contribution in [0, 0.1) is 0 Å². The molecule has 6 heteroatoms. The summed E-state index contributed by atoms with van der Waals surface area (Å²) < 4.78 is 0. The molecule has 1 heterocycles. The smallest absolute Gasteiger partial charge is 0.241 e. The Morgan fingerprint density at radius 1 is 1.00 bits per heavy atom. The number of rotatable bonds is 4. The molecule has 1 fully saturated rings. The maximum atomic E-state index is 12.5. The minimum Gasteiger partial charge on any atom is -0.369 e. The number of piperazine rings is 1. The van der Waals surface area contributed by atoms with E-state index >= 15 is 0 Å². The van der Waals surface area contributed by atoms with Crippen molar-refractivity contribution in [3.8, 4) is 0 Å². The fourth-order valence-electron chi connectivity index (χ4n) is 3.02. The van der Waals surface area contributed by atoms with E-state index in [-0.39, 0.29) is 11.9 Å². The number of hydrogen-bond acceptors (Lipinski definition) is 3. The highest BCUT2D eigenvalue weighted by atomic mass is 35.5. The van der Waals surface area contributed by atoms with E-state index in [4.69, 9.17) is 23.2 Å². The van der Waals surface area contributed by atoms with Crippen LogP contribution in [0.3, 0.4) is 0 Å². The van der Waals surface area contributed by atoms with Gasteiger partial charge in [-0.3, -0.25) is 9.69 Å². The van der Waals surface area contributed by atoms with Crippen LogP contribution in [0.15, 0.2) is 48.5 Å². The third kappa shape index (κ3) is 4.66. The van der Waals surface area contributed by atoms with Gasteiger partial charge in [0.2, 0.25) is 5.91 Å². The average Bonchev–Trinajstić information content (AvgIpc) is 2.61. The highest BCUT2D eigenvalue weighted by Crippen LogP contribution is 2.21. The van der Waals surface area contributed by atoms with Crippen molar-refractivity contribution in [2.75, 3.05) is 36.4 Å². The molecule has 0 unspecified atom stereocenters. The normalized spacial score (nSPS) is 16.5. The summed E-state index contributed by atoms with van der Waals surface area (Å²) >= 11 is 12.0. The van der Waals surface area contributed by atoms with Gasteiger partial charge in [-0.05, 0) is 43.3 Å². The predicted molar refractivity (Wildman–Crippen MR) is 105 cm³/mol. The molecule has 1 aliphatic rings. The quantitative estimate of drug-likeness (QED) is 0.869. The SMILES string of the molecule is C[C@@H](C(=O)Nc1cccc(Cl)c1)N1CCN(c2cccc(Cl)c2)CC1. The van der Waals surface area contributed by atoms with Gasteiger partial charge < -0.3 is 10.2 Å². The molecule has 1 atom stereocenters. The number of carbonyl (C=O) groups is 1. The van der Waals surface area contributed by atoms with Crippen LogP contribution in [0.2, 0.25) is 10.0 Å². The van der Waals surface area contributed by atoms with E-state index in [1.807, 2.05) is 37.3 Å². The van der Waals surface area contributed by atoms with Crippen molar-refractivity contribution in [1.29, 1.82) is 0 Å². The summed E-state index contributed by atoms with van der Waals surface area (Å²) in [6.45, 7) is 5.34. The number of halogens is 2. The lowest BCUT2D eigenvalue weighted by Crippen LogP contribution is -2.52. The van der Waals surface area contributed by atoms with Gasteiger partial charge in [0, 0.05) is 47.6 Å². The van der Waals surface area contributed by atoms with Gasteiger partial charge in [0.05, 0.1) is 6.04 Å². The molecule has 0 saturated carbocycles. The largest absolute Gasteiger partial charge is 0.369 e. The van der Waals surface area contributed by atoms with Crippen molar-refractivity contribution in [2.24, 2.45) is 0 Å². The lowest BCUT2D eigenvalue weighted by atomic mass is 10.2. The first-order valence-electron chi connectivity index (χ1n) is 8.34. The summed E-state index contributed by atoms with van der Waals surface area (Å²) in [5.74, 6) is -0.0153. The molecule has 2 aromatic carbocycles. The number of nitrogens with zero attached hydrogens (tertiary/aromatic N) is 2. The molecule has 0 aliphatic carbocycles. The average molecular weight is 378 g/mol. The van der Waals surface area contributed by atoms with Gasteiger partial charge in [-0.15, -0.1) is 0 Å². The summed E-state index contributed by atoms with van der Waals surface area (Å²) in [5.41, 5.74) is 1.85. The third-order valence-electron chi connectivity index (χ3n) is 4.51. The molecule has 2 aromatic rings. The number of anilines is 2. The zero-order chi connectivity index (χ0) is 17.8. The van der Waals surface area contributed by atoms with Crippen molar-refractivity contribution < 1.29 is 4.79 Å². The zero-order valence-electron chi connectivity index (χ0n) is 14.1. The van der Waals surface area contributed by atoms with Crippen LogP contribution in [0.25, 0.3) is 0 Å². The van der Waals surface area contributed by atoms with Gasteiger partial charge in [0.25, 0.3) is 0 Å². The fraction of sp³-hybridized carbons (Fsp3) is 0.316. The Morgan fingerprint density at radius 2 is 1.64 bits per heavy atom. The number of amides is 1. The summed E-state index contributed by atoms with van der Waals surface area (Å²) in [5, 5.41) is 4.29. The van der Waals surface area contributed by atoms with E-state index in [1.165, 1.54) is 0 Å². The molecule has 0 spiro atoms. The Morgan fingerprint density at radius 3 is 2.28 bits per heavy atom. The summed E-state index contributed by atoms with van der Waals surface area (Å²) in [7, 11) is 0. The van der Waals surface area contributed by atoms with E-state index in [1.54, 1.807) is 12.1 Å². The Balaban J connectivity index is 1.56. The molecular formula is C19H21Cl2N3O. The van der Waals surface area contributed by atoms with Gasteiger partial charge in [0.1, 0.15) is 0 Å². The molecule has 4 nitrogen and oxygen atoms in total. The molecule has 25 heavy (non-hydrogen) atoms. The van der Waals surface area contributed by atoms with Crippen LogP contribution in [-0.4, -0.2) is 43.0 Å². The molecule has 0 radical (unpaired) electrons. The van der Waals surface area contributed by atoms with Crippen LogP contribution < -0.4 is 10.2 Å².